The van der Waals surface area contributed by atoms with Crippen LogP contribution in [0.2, 0.25) is 0 Å². The third kappa shape index (κ3) is 2.48. The summed E-state index contributed by atoms with van der Waals surface area (Å²) in [5.41, 5.74) is 0. The van der Waals surface area contributed by atoms with Crippen molar-refractivity contribution < 1.29 is 4.79 Å². The van der Waals surface area contributed by atoms with Crippen LogP contribution < -0.4 is 5.32 Å². The van der Waals surface area contributed by atoms with Gasteiger partial charge in [0.2, 0.25) is 0 Å². The summed E-state index contributed by atoms with van der Waals surface area (Å²) in [6.07, 6.45) is 2.93. The third-order valence-electron chi connectivity index (χ3n) is 1.95. The molecule has 1 saturated heterocycles. The zero-order chi connectivity index (χ0) is 10.8. The van der Waals surface area contributed by atoms with Crippen LogP contribution in [0.5, 0.6) is 0 Å². The second-order valence-electron chi connectivity index (χ2n) is 3.01. The molecule has 0 aromatic carbocycles. The van der Waals surface area contributed by atoms with Crippen LogP contribution in [0.15, 0.2) is 17.0 Å². The van der Waals surface area contributed by atoms with Crippen LogP contribution in [0.1, 0.15) is 16.7 Å². The fraction of sp³-hybridized carbons (Fsp3) is 0.200. The molecule has 0 radical (unpaired) electrons. The van der Waals surface area contributed by atoms with E-state index in [-0.39, 0.29) is 5.91 Å². The number of nitrogens with one attached hydrogen (secondary N) is 1. The van der Waals surface area contributed by atoms with Gasteiger partial charge in [-0.05, 0) is 24.6 Å². The third-order valence-corrected chi connectivity index (χ3v) is 4.29. The Hall–Kier alpha value is -0.650. The van der Waals surface area contributed by atoms with Gasteiger partial charge < -0.3 is 5.32 Å². The van der Waals surface area contributed by atoms with Gasteiger partial charge in [-0.1, -0.05) is 30.9 Å². The lowest BCUT2D eigenvalue weighted by Crippen LogP contribution is -2.17. The molecule has 2 rings (SSSR count). The number of hydrogen-bond acceptors (Lipinski definition) is 4. The number of amides is 1. The van der Waals surface area contributed by atoms with E-state index >= 15 is 0 Å². The maximum absolute atomic E-state index is 11.4. The summed E-state index contributed by atoms with van der Waals surface area (Å²) in [7, 11) is 0. The number of carbonyl (C=O) groups excluding carboxylic acids is 1. The molecule has 0 aliphatic carbocycles. The predicted octanol–water partition coefficient (Wildman–Crippen LogP) is 2.80. The van der Waals surface area contributed by atoms with Gasteiger partial charge in [-0.15, -0.1) is 11.3 Å². The van der Waals surface area contributed by atoms with Crippen LogP contribution in [0.25, 0.3) is 6.08 Å². The summed E-state index contributed by atoms with van der Waals surface area (Å²) in [6, 6.07) is 4.12. The Balaban J connectivity index is 2.22. The lowest BCUT2D eigenvalue weighted by atomic mass is 10.3. The average Bonchev–Trinajstić information content (AvgIpc) is 2.75. The van der Waals surface area contributed by atoms with Gasteiger partial charge in [0.15, 0.2) is 0 Å². The number of thiocarbonyl (C=S) groups is 1. The Kier molecular flexibility index (Phi) is 3.23. The lowest BCUT2D eigenvalue weighted by Gasteiger charge is -1.89. The van der Waals surface area contributed by atoms with Gasteiger partial charge in [0.1, 0.15) is 4.32 Å². The van der Waals surface area contributed by atoms with Crippen molar-refractivity contribution >= 4 is 51.6 Å². The fourth-order valence-electron chi connectivity index (χ4n) is 1.21. The van der Waals surface area contributed by atoms with E-state index < -0.39 is 0 Å². The highest BCUT2D eigenvalue weighted by Crippen LogP contribution is 2.28. The molecule has 0 saturated carbocycles. The highest BCUT2D eigenvalue weighted by Gasteiger charge is 2.21. The van der Waals surface area contributed by atoms with Crippen LogP contribution in [0, 0.1) is 0 Å². The minimum Gasteiger partial charge on any atom is -0.307 e. The molecule has 15 heavy (non-hydrogen) atoms. The van der Waals surface area contributed by atoms with Crippen molar-refractivity contribution in [3.63, 3.8) is 0 Å². The molecule has 1 aliphatic rings. The molecule has 2 nitrogen and oxygen atoms in total. The van der Waals surface area contributed by atoms with Crippen molar-refractivity contribution in [2.45, 2.75) is 13.3 Å². The second kappa shape index (κ2) is 4.47. The molecule has 1 aromatic heterocycles. The molecule has 1 N–H and O–H groups in total. The minimum atomic E-state index is -0.0866. The monoisotopic (exact) mass is 255 g/mol. The Morgan fingerprint density at radius 3 is 2.87 bits per heavy atom. The quantitative estimate of drug-likeness (QED) is 0.651. The van der Waals surface area contributed by atoms with Gasteiger partial charge in [-0.25, -0.2) is 0 Å². The number of aryl methyl sites for hydroxylation is 1. The maximum atomic E-state index is 11.4. The van der Waals surface area contributed by atoms with Crippen molar-refractivity contribution in [2.24, 2.45) is 0 Å². The maximum Gasteiger partial charge on any atom is 0.263 e. The van der Waals surface area contributed by atoms with Crippen LogP contribution in [0.3, 0.4) is 0 Å². The van der Waals surface area contributed by atoms with Gasteiger partial charge >= 0.3 is 0 Å². The minimum absolute atomic E-state index is 0.0866. The number of thioether (sulfide) groups is 1. The average molecular weight is 255 g/mol. The van der Waals surface area contributed by atoms with Crippen molar-refractivity contribution in [1.82, 2.24) is 5.32 Å². The smallest absolute Gasteiger partial charge is 0.263 e. The largest absolute Gasteiger partial charge is 0.307 e. The zero-order valence-electron chi connectivity index (χ0n) is 8.07. The van der Waals surface area contributed by atoms with E-state index in [1.165, 1.54) is 16.6 Å². The van der Waals surface area contributed by atoms with E-state index in [9.17, 15) is 4.79 Å². The number of carbonyl (C=O) groups is 1. The molecule has 0 atom stereocenters. The van der Waals surface area contributed by atoms with Crippen molar-refractivity contribution in [3.05, 3.63) is 26.8 Å². The molecule has 0 unspecified atom stereocenters. The summed E-state index contributed by atoms with van der Waals surface area (Å²) in [5.74, 6) is -0.0866. The zero-order valence-corrected chi connectivity index (χ0v) is 10.5. The summed E-state index contributed by atoms with van der Waals surface area (Å²) in [5, 5.41) is 2.60. The lowest BCUT2D eigenvalue weighted by molar-refractivity contribution is -0.115. The van der Waals surface area contributed by atoms with Crippen molar-refractivity contribution in [3.8, 4) is 0 Å². The van der Waals surface area contributed by atoms with Crippen LogP contribution in [0.4, 0.5) is 0 Å². The SMILES string of the molecule is CCc1ccc(C=C2SC(=S)NC2=O)s1. The van der Waals surface area contributed by atoms with Gasteiger partial charge in [-0.2, -0.15) is 0 Å². The predicted molar refractivity (Wildman–Crippen MR) is 70.0 cm³/mol. The second-order valence-corrected chi connectivity index (χ2v) is 5.93. The summed E-state index contributed by atoms with van der Waals surface area (Å²) < 4.78 is 0.540. The first-order valence-electron chi connectivity index (χ1n) is 4.52. The molecule has 0 spiro atoms. The molecule has 1 aliphatic heterocycles. The van der Waals surface area contributed by atoms with Gasteiger partial charge in [0.25, 0.3) is 5.91 Å². The highest BCUT2D eigenvalue weighted by atomic mass is 32.2. The Morgan fingerprint density at radius 1 is 1.53 bits per heavy atom. The Bertz CT molecular complexity index is 447. The molecule has 1 aromatic rings. The molecule has 1 amide bonds. The summed E-state index contributed by atoms with van der Waals surface area (Å²) in [6.45, 7) is 2.12. The van der Waals surface area contributed by atoms with E-state index in [2.05, 4.69) is 18.3 Å². The molecule has 78 valence electrons. The van der Waals surface area contributed by atoms with Crippen LogP contribution in [-0.2, 0) is 11.2 Å². The summed E-state index contributed by atoms with van der Waals surface area (Å²) in [4.78, 5) is 14.5. The topological polar surface area (TPSA) is 29.1 Å². The first-order chi connectivity index (χ1) is 7.19. The molecular formula is C10H9NOS3. The van der Waals surface area contributed by atoms with Gasteiger partial charge in [-0.3, -0.25) is 4.79 Å². The van der Waals surface area contributed by atoms with E-state index in [0.29, 0.717) is 9.23 Å². The highest BCUT2D eigenvalue weighted by molar-refractivity contribution is 8.26. The van der Waals surface area contributed by atoms with Crippen molar-refractivity contribution in [2.75, 3.05) is 0 Å². The molecule has 2 heterocycles. The van der Waals surface area contributed by atoms with E-state index in [0.717, 1.165) is 11.3 Å². The number of thiophene rings is 1. The number of hydrogen-bond donors (Lipinski definition) is 1. The standard InChI is InChI=1S/C10H9NOS3/c1-2-6-3-4-7(14-6)5-8-9(12)11-10(13)15-8/h3-5H,2H2,1H3,(H,11,12,13). The molecule has 0 bridgehead atoms. The van der Waals surface area contributed by atoms with Gasteiger partial charge in [0.05, 0.1) is 4.91 Å². The first kappa shape index (κ1) is 10.9. The van der Waals surface area contributed by atoms with E-state index in [4.69, 9.17) is 12.2 Å². The summed E-state index contributed by atoms with van der Waals surface area (Å²) >= 11 is 7.94. The van der Waals surface area contributed by atoms with Gasteiger partial charge in [0, 0.05) is 9.75 Å². The molecule has 5 heteroatoms. The van der Waals surface area contributed by atoms with Crippen LogP contribution in [-0.4, -0.2) is 10.2 Å². The van der Waals surface area contributed by atoms with Crippen LogP contribution >= 0.6 is 35.3 Å². The fourth-order valence-corrected chi connectivity index (χ4v) is 3.22. The van der Waals surface area contributed by atoms with E-state index in [1.807, 2.05) is 12.1 Å². The molecular weight excluding hydrogens is 246 g/mol. The Morgan fingerprint density at radius 2 is 2.33 bits per heavy atom. The van der Waals surface area contributed by atoms with Crippen molar-refractivity contribution in [1.29, 1.82) is 0 Å². The number of rotatable bonds is 2. The normalized spacial score (nSPS) is 18.6. The Labute approximate surface area is 102 Å². The first-order valence-corrected chi connectivity index (χ1v) is 6.56. The van der Waals surface area contributed by atoms with E-state index in [1.54, 1.807) is 11.3 Å². The molecule has 1 fully saturated rings.